The first-order chi connectivity index (χ1) is 13.2. The molecule has 0 aliphatic rings. The number of rotatable bonds is 5. The van der Waals surface area contributed by atoms with E-state index < -0.39 is 0 Å². The molecule has 2 aromatic heterocycles. The molecule has 0 bridgehead atoms. The summed E-state index contributed by atoms with van der Waals surface area (Å²) in [5, 5.41) is 18.4. The number of amides is 1. The van der Waals surface area contributed by atoms with Gasteiger partial charge in [-0.2, -0.15) is 5.10 Å². The molecule has 0 aliphatic carbocycles. The fourth-order valence-corrected chi connectivity index (χ4v) is 2.78. The maximum atomic E-state index is 12.5. The number of carbonyl (C=O) groups excluding carboxylic acids is 1. The van der Waals surface area contributed by atoms with Crippen molar-refractivity contribution in [3.8, 4) is 11.4 Å². The number of benzene rings is 2. The molecule has 8 heteroatoms. The number of nitrogens with one attached hydrogen (secondary N) is 1. The van der Waals surface area contributed by atoms with Gasteiger partial charge in [-0.15, -0.1) is 5.10 Å². The Morgan fingerprint density at radius 2 is 1.96 bits per heavy atom. The van der Waals surface area contributed by atoms with Crippen LogP contribution in [0.15, 0.2) is 67.3 Å². The van der Waals surface area contributed by atoms with Gasteiger partial charge in [0.05, 0.1) is 17.6 Å². The van der Waals surface area contributed by atoms with Crippen molar-refractivity contribution >= 4 is 5.91 Å². The summed E-state index contributed by atoms with van der Waals surface area (Å²) < 4.78 is 3.35. The van der Waals surface area contributed by atoms with Gasteiger partial charge in [0.15, 0.2) is 0 Å². The summed E-state index contributed by atoms with van der Waals surface area (Å²) in [6, 6.07) is 15.2. The first-order valence-electron chi connectivity index (χ1n) is 8.42. The van der Waals surface area contributed by atoms with Crippen LogP contribution in [-0.4, -0.2) is 35.9 Å². The van der Waals surface area contributed by atoms with Gasteiger partial charge >= 0.3 is 0 Å². The summed E-state index contributed by atoms with van der Waals surface area (Å²) >= 11 is 0. The molecule has 4 aromatic rings. The lowest BCUT2D eigenvalue weighted by Crippen LogP contribution is -2.22. The van der Waals surface area contributed by atoms with Gasteiger partial charge in [-0.1, -0.05) is 18.2 Å². The molecule has 0 saturated carbocycles. The Morgan fingerprint density at radius 3 is 2.70 bits per heavy atom. The molecule has 0 aliphatic heterocycles. The van der Waals surface area contributed by atoms with E-state index in [0.717, 1.165) is 22.5 Å². The highest BCUT2D eigenvalue weighted by Gasteiger charge is 2.10. The fourth-order valence-electron chi connectivity index (χ4n) is 2.78. The Hall–Kier alpha value is -3.81. The first kappa shape index (κ1) is 16.6. The summed E-state index contributed by atoms with van der Waals surface area (Å²) in [4.78, 5) is 12.5. The van der Waals surface area contributed by atoms with Crippen LogP contribution < -0.4 is 5.32 Å². The van der Waals surface area contributed by atoms with Gasteiger partial charge in [-0.05, 0) is 53.2 Å². The highest BCUT2D eigenvalue weighted by Crippen LogP contribution is 2.15. The van der Waals surface area contributed by atoms with Crippen molar-refractivity contribution in [2.24, 2.45) is 0 Å². The number of tetrazole rings is 1. The third-order valence-electron chi connectivity index (χ3n) is 4.16. The number of nitrogens with zero attached hydrogens (tertiary/aromatic N) is 6. The van der Waals surface area contributed by atoms with Crippen LogP contribution in [0.3, 0.4) is 0 Å². The third-order valence-corrected chi connectivity index (χ3v) is 4.16. The molecule has 4 rings (SSSR count). The van der Waals surface area contributed by atoms with Gasteiger partial charge in [-0.3, -0.25) is 4.79 Å². The van der Waals surface area contributed by atoms with E-state index in [4.69, 9.17) is 0 Å². The zero-order valence-electron chi connectivity index (χ0n) is 14.6. The highest BCUT2D eigenvalue weighted by molar-refractivity contribution is 5.94. The summed E-state index contributed by atoms with van der Waals surface area (Å²) in [6.07, 6.45) is 5.17. The van der Waals surface area contributed by atoms with Crippen LogP contribution in [0.2, 0.25) is 0 Å². The van der Waals surface area contributed by atoms with Crippen molar-refractivity contribution in [1.29, 1.82) is 0 Å². The van der Waals surface area contributed by atoms with Gasteiger partial charge in [-0.25, -0.2) is 9.36 Å². The molecule has 0 radical (unpaired) electrons. The Kier molecular flexibility index (Phi) is 4.44. The molecule has 2 heterocycles. The minimum absolute atomic E-state index is 0.145. The Bertz CT molecular complexity index is 1050. The maximum absolute atomic E-state index is 12.5. The van der Waals surface area contributed by atoms with Crippen LogP contribution in [0.1, 0.15) is 21.5 Å². The Morgan fingerprint density at radius 1 is 1.11 bits per heavy atom. The molecular formula is C19H17N7O. The van der Waals surface area contributed by atoms with E-state index in [9.17, 15) is 4.79 Å². The molecule has 0 atom stereocenters. The molecule has 0 fully saturated rings. The topological polar surface area (TPSA) is 90.5 Å². The number of hydrogen-bond acceptors (Lipinski definition) is 5. The predicted octanol–water partition coefficient (Wildman–Crippen LogP) is 2.09. The summed E-state index contributed by atoms with van der Waals surface area (Å²) in [7, 11) is 0. The molecule has 0 saturated heterocycles. The molecule has 0 unspecified atom stereocenters. The van der Waals surface area contributed by atoms with Crippen LogP contribution in [0, 0.1) is 6.92 Å². The fraction of sp³-hybridized carbons (Fsp3) is 0.105. The number of hydrogen-bond donors (Lipinski definition) is 1. The lowest BCUT2D eigenvalue weighted by Gasteiger charge is -2.08. The summed E-state index contributed by atoms with van der Waals surface area (Å²) in [5.74, 6) is -0.145. The third kappa shape index (κ3) is 3.59. The van der Waals surface area contributed by atoms with Crippen molar-refractivity contribution < 1.29 is 4.79 Å². The predicted molar refractivity (Wildman–Crippen MR) is 98.6 cm³/mol. The molecule has 134 valence electrons. The van der Waals surface area contributed by atoms with E-state index in [1.54, 1.807) is 21.6 Å². The monoisotopic (exact) mass is 359 g/mol. The smallest absolute Gasteiger partial charge is 0.251 e. The van der Waals surface area contributed by atoms with E-state index in [0.29, 0.717) is 12.1 Å². The second-order valence-corrected chi connectivity index (χ2v) is 6.07. The molecule has 8 nitrogen and oxygen atoms in total. The molecular weight excluding hydrogens is 342 g/mol. The van der Waals surface area contributed by atoms with Crippen LogP contribution >= 0.6 is 0 Å². The summed E-state index contributed by atoms with van der Waals surface area (Å²) in [6.45, 7) is 2.32. The number of aromatic nitrogens is 6. The molecule has 27 heavy (non-hydrogen) atoms. The maximum Gasteiger partial charge on any atom is 0.251 e. The quantitative estimate of drug-likeness (QED) is 0.589. The SMILES string of the molecule is Cc1cc(C(=O)NCc2cnn(-c3ccccc3)c2)ccc1-n1cnnn1. The standard InChI is InChI=1S/C19H17N7O/c1-14-9-16(7-8-18(14)26-13-21-23-24-26)19(27)20-10-15-11-22-25(12-15)17-5-3-2-4-6-17/h2-9,11-13H,10H2,1H3,(H,20,27). The minimum atomic E-state index is -0.145. The second kappa shape index (κ2) is 7.20. The van der Waals surface area contributed by atoms with E-state index in [-0.39, 0.29) is 5.91 Å². The van der Waals surface area contributed by atoms with Crippen molar-refractivity contribution in [3.05, 3.63) is 83.9 Å². The van der Waals surface area contributed by atoms with Crippen molar-refractivity contribution in [3.63, 3.8) is 0 Å². The molecule has 1 N–H and O–H groups in total. The zero-order valence-corrected chi connectivity index (χ0v) is 14.6. The first-order valence-corrected chi connectivity index (χ1v) is 8.42. The van der Waals surface area contributed by atoms with Crippen LogP contribution in [0.25, 0.3) is 11.4 Å². The van der Waals surface area contributed by atoms with Crippen molar-refractivity contribution in [2.45, 2.75) is 13.5 Å². The highest BCUT2D eigenvalue weighted by atomic mass is 16.1. The average molecular weight is 359 g/mol. The van der Waals surface area contributed by atoms with Gasteiger partial charge in [0, 0.05) is 23.9 Å². The van der Waals surface area contributed by atoms with Crippen molar-refractivity contribution in [1.82, 2.24) is 35.3 Å². The van der Waals surface area contributed by atoms with Gasteiger partial charge in [0.25, 0.3) is 5.91 Å². The summed E-state index contributed by atoms with van der Waals surface area (Å²) in [5.41, 5.74) is 4.23. The van der Waals surface area contributed by atoms with Crippen LogP contribution in [0.4, 0.5) is 0 Å². The Balaban J connectivity index is 1.43. The molecule has 1 amide bonds. The molecule has 0 spiro atoms. The van der Waals surface area contributed by atoms with E-state index in [2.05, 4.69) is 25.9 Å². The average Bonchev–Trinajstić information content (AvgIpc) is 3.39. The largest absolute Gasteiger partial charge is 0.348 e. The lowest BCUT2D eigenvalue weighted by molar-refractivity contribution is 0.0951. The van der Waals surface area contributed by atoms with Gasteiger partial charge in [0.2, 0.25) is 0 Å². The van der Waals surface area contributed by atoms with Gasteiger partial charge < -0.3 is 5.32 Å². The Labute approximate surface area is 155 Å². The van der Waals surface area contributed by atoms with Crippen LogP contribution in [0.5, 0.6) is 0 Å². The normalized spacial score (nSPS) is 10.7. The van der Waals surface area contributed by atoms with E-state index in [1.807, 2.05) is 55.6 Å². The molecule has 2 aromatic carbocycles. The van der Waals surface area contributed by atoms with Crippen LogP contribution in [-0.2, 0) is 6.54 Å². The van der Waals surface area contributed by atoms with Gasteiger partial charge in [0.1, 0.15) is 6.33 Å². The minimum Gasteiger partial charge on any atom is -0.348 e. The lowest BCUT2D eigenvalue weighted by atomic mass is 10.1. The number of aryl methyl sites for hydroxylation is 1. The van der Waals surface area contributed by atoms with E-state index in [1.165, 1.54) is 6.33 Å². The number of para-hydroxylation sites is 1. The number of carbonyl (C=O) groups is 1. The van der Waals surface area contributed by atoms with E-state index >= 15 is 0 Å². The zero-order chi connectivity index (χ0) is 18.6. The van der Waals surface area contributed by atoms with Crippen molar-refractivity contribution in [2.75, 3.05) is 0 Å². The second-order valence-electron chi connectivity index (χ2n) is 6.07.